The minimum atomic E-state index is -1.51. The fourth-order valence-corrected chi connectivity index (χ4v) is 3.67. The Kier molecular flexibility index (Phi) is 6.46. The maximum Gasteiger partial charge on any atom is 0.195 e. The first-order chi connectivity index (χ1) is 15.9. The summed E-state index contributed by atoms with van der Waals surface area (Å²) in [6.07, 6.45) is 2.44. The average Bonchev–Trinajstić information content (AvgIpc) is 2.80. The molecule has 0 unspecified atom stereocenters. The average molecular weight is 450 g/mol. The van der Waals surface area contributed by atoms with Crippen molar-refractivity contribution in [2.45, 2.75) is 26.2 Å². The van der Waals surface area contributed by atoms with Crippen LogP contribution in [-0.2, 0) is 6.42 Å². The highest BCUT2D eigenvalue weighted by molar-refractivity contribution is 5.84. The van der Waals surface area contributed by atoms with Gasteiger partial charge >= 0.3 is 0 Å². The molecule has 0 bridgehead atoms. The number of hydrogen-bond acceptors (Lipinski definition) is 0. The summed E-state index contributed by atoms with van der Waals surface area (Å²) in [5.74, 6) is 0.564. The zero-order chi connectivity index (χ0) is 23.5. The Morgan fingerprint density at radius 3 is 1.97 bits per heavy atom. The number of rotatable bonds is 4. The second-order valence-electron chi connectivity index (χ2n) is 7.79. The summed E-state index contributed by atoms with van der Waals surface area (Å²) in [6.45, 7) is 2.02. The molecule has 4 rings (SSSR count). The van der Waals surface area contributed by atoms with Gasteiger partial charge in [0.2, 0.25) is 0 Å². The van der Waals surface area contributed by atoms with E-state index in [2.05, 4.69) is 11.8 Å². The van der Waals surface area contributed by atoms with Gasteiger partial charge in [-0.25, -0.2) is 22.0 Å². The van der Waals surface area contributed by atoms with Gasteiger partial charge in [-0.1, -0.05) is 43.4 Å². The number of halogens is 5. The summed E-state index contributed by atoms with van der Waals surface area (Å²) < 4.78 is 69.8. The van der Waals surface area contributed by atoms with Crippen LogP contribution in [0.1, 0.15) is 36.5 Å². The highest BCUT2D eigenvalue weighted by atomic mass is 19.2. The van der Waals surface area contributed by atoms with Crippen LogP contribution in [0.5, 0.6) is 0 Å². The number of hydrogen-bond donors (Lipinski definition) is 0. The summed E-state index contributed by atoms with van der Waals surface area (Å²) in [4.78, 5) is 0. The first-order valence-electron chi connectivity index (χ1n) is 10.5. The van der Waals surface area contributed by atoms with Crippen molar-refractivity contribution in [3.63, 3.8) is 0 Å². The van der Waals surface area contributed by atoms with E-state index >= 15 is 0 Å². The van der Waals surface area contributed by atoms with Crippen LogP contribution < -0.4 is 0 Å². The zero-order valence-electron chi connectivity index (χ0n) is 17.8. The summed E-state index contributed by atoms with van der Waals surface area (Å²) in [6, 6.07) is 14.4. The third-order valence-electron chi connectivity index (χ3n) is 5.42. The van der Waals surface area contributed by atoms with Crippen molar-refractivity contribution in [1.82, 2.24) is 0 Å². The molecule has 0 amide bonds. The molecule has 4 aromatic rings. The number of aryl methyl sites for hydroxylation is 1. The standard InChI is InChI=1S/C28H19F5/c1-2-3-4-19-14-23(29)26(24(30)15-19)20-10-7-17(8-11-20)5-6-18-9-12-22-21(13-18)16-25(31)28(33)27(22)32/h7-16H,2-4H2,1H3. The molecule has 0 saturated heterocycles. The molecule has 0 aliphatic heterocycles. The van der Waals surface area contributed by atoms with Crippen LogP contribution in [-0.4, -0.2) is 0 Å². The van der Waals surface area contributed by atoms with Crippen LogP contribution in [0, 0.1) is 40.9 Å². The van der Waals surface area contributed by atoms with Crippen molar-refractivity contribution in [3.8, 4) is 23.0 Å². The van der Waals surface area contributed by atoms with Crippen molar-refractivity contribution in [2.75, 3.05) is 0 Å². The van der Waals surface area contributed by atoms with Gasteiger partial charge in [0.15, 0.2) is 17.5 Å². The zero-order valence-corrected chi connectivity index (χ0v) is 17.8. The van der Waals surface area contributed by atoms with Crippen molar-refractivity contribution < 1.29 is 22.0 Å². The molecule has 0 aliphatic carbocycles. The lowest BCUT2D eigenvalue weighted by atomic mass is 9.99. The Labute approximate surface area is 188 Å². The fourth-order valence-electron chi connectivity index (χ4n) is 3.67. The molecule has 0 heterocycles. The van der Waals surface area contributed by atoms with Crippen LogP contribution in [0.2, 0.25) is 0 Å². The Balaban J connectivity index is 1.59. The number of fused-ring (bicyclic) bond motifs is 1. The second-order valence-corrected chi connectivity index (χ2v) is 7.79. The van der Waals surface area contributed by atoms with Gasteiger partial charge in [-0.3, -0.25) is 0 Å². The molecule has 0 atom stereocenters. The van der Waals surface area contributed by atoms with Crippen molar-refractivity contribution >= 4 is 10.8 Å². The van der Waals surface area contributed by atoms with Crippen molar-refractivity contribution in [3.05, 3.63) is 106 Å². The minimum absolute atomic E-state index is 0.0337. The van der Waals surface area contributed by atoms with Gasteiger partial charge in [-0.15, -0.1) is 0 Å². The number of unbranched alkanes of at least 4 members (excludes halogenated alkanes) is 1. The van der Waals surface area contributed by atoms with E-state index in [1.165, 1.54) is 30.3 Å². The second kappa shape index (κ2) is 9.46. The van der Waals surface area contributed by atoms with Gasteiger partial charge < -0.3 is 0 Å². The summed E-state index contributed by atoms with van der Waals surface area (Å²) in [5, 5.41) is 0.162. The Morgan fingerprint density at radius 2 is 1.30 bits per heavy atom. The molecule has 0 aromatic heterocycles. The van der Waals surface area contributed by atoms with Crippen LogP contribution in [0.15, 0.2) is 60.7 Å². The van der Waals surface area contributed by atoms with E-state index < -0.39 is 29.1 Å². The molecule has 4 aromatic carbocycles. The SMILES string of the molecule is CCCCc1cc(F)c(-c2ccc(C#Cc3ccc4c(F)c(F)c(F)cc4c3)cc2)c(F)c1. The Bertz CT molecular complexity index is 1370. The summed E-state index contributed by atoms with van der Waals surface area (Å²) in [7, 11) is 0. The lowest BCUT2D eigenvalue weighted by Gasteiger charge is -2.08. The predicted molar refractivity (Wildman–Crippen MR) is 120 cm³/mol. The maximum absolute atomic E-state index is 14.6. The van der Waals surface area contributed by atoms with Crippen molar-refractivity contribution in [2.24, 2.45) is 0 Å². The lowest BCUT2D eigenvalue weighted by molar-refractivity contribution is 0.453. The van der Waals surface area contributed by atoms with Gasteiger partial charge in [-0.2, -0.15) is 0 Å². The lowest BCUT2D eigenvalue weighted by Crippen LogP contribution is -1.95. The first kappa shape index (κ1) is 22.5. The van der Waals surface area contributed by atoms with E-state index in [9.17, 15) is 22.0 Å². The molecule has 0 spiro atoms. The molecule has 0 radical (unpaired) electrons. The largest absolute Gasteiger partial charge is 0.206 e. The van der Waals surface area contributed by atoms with Crippen molar-refractivity contribution in [1.29, 1.82) is 0 Å². The van der Waals surface area contributed by atoms with E-state index in [1.54, 1.807) is 24.3 Å². The summed E-state index contributed by atoms with van der Waals surface area (Å²) in [5.41, 5.74) is 2.03. The molecule has 0 N–H and O–H groups in total. The maximum atomic E-state index is 14.6. The molecule has 0 fully saturated rings. The molecule has 166 valence electrons. The topological polar surface area (TPSA) is 0 Å². The van der Waals surface area contributed by atoms with E-state index in [-0.39, 0.29) is 16.3 Å². The molecule has 0 saturated carbocycles. The molecule has 0 aliphatic rings. The van der Waals surface area contributed by atoms with Crippen LogP contribution in [0.4, 0.5) is 22.0 Å². The quantitative estimate of drug-likeness (QED) is 0.168. The van der Waals surface area contributed by atoms with Crippen LogP contribution in [0.3, 0.4) is 0 Å². The molecule has 5 heteroatoms. The molecule has 33 heavy (non-hydrogen) atoms. The number of benzene rings is 4. The van der Waals surface area contributed by atoms with E-state index in [0.717, 1.165) is 18.9 Å². The normalized spacial score (nSPS) is 10.8. The molecular weight excluding hydrogens is 431 g/mol. The fraction of sp³-hybridized carbons (Fsp3) is 0.143. The minimum Gasteiger partial charge on any atom is -0.206 e. The van der Waals surface area contributed by atoms with Gasteiger partial charge in [0, 0.05) is 16.5 Å². The van der Waals surface area contributed by atoms with Crippen LogP contribution >= 0.6 is 0 Å². The van der Waals surface area contributed by atoms with E-state index in [0.29, 0.717) is 28.7 Å². The third-order valence-corrected chi connectivity index (χ3v) is 5.42. The third kappa shape index (κ3) is 4.75. The summed E-state index contributed by atoms with van der Waals surface area (Å²) >= 11 is 0. The Morgan fingerprint density at radius 1 is 0.667 bits per heavy atom. The Hall–Kier alpha value is -3.65. The molecule has 0 nitrogen and oxygen atoms in total. The van der Waals surface area contributed by atoms with Gasteiger partial charge in [-0.05, 0) is 71.8 Å². The van der Waals surface area contributed by atoms with Gasteiger partial charge in [0.25, 0.3) is 0 Å². The van der Waals surface area contributed by atoms with E-state index in [1.807, 2.05) is 6.92 Å². The highest BCUT2D eigenvalue weighted by Crippen LogP contribution is 2.28. The van der Waals surface area contributed by atoms with Crippen LogP contribution in [0.25, 0.3) is 21.9 Å². The molecular formula is C28H19F5. The van der Waals surface area contributed by atoms with Gasteiger partial charge in [0.05, 0.1) is 5.56 Å². The smallest absolute Gasteiger partial charge is 0.195 e. The van der Waals surface area contributed by atoms with Gasteiger partial charge in [0.1, 0.15) is 11.6 Å². The predicted octanol–water partition coefficient (Wildman–Crippen LogP) is 7.94. The highest BCUT2D eigenvalue weighted by Gasteiger charge is 2.14. The van der Waals surface area contributed by atoms with E-state index in [4.69, 9.17) is 0 Å². The first-order valence-corrected chi connectivity index (χ1v) is 10.5. The monoisotopic (exact) mass is 450 g/mol.